The van der Waals surface area contributed by atoms with E-state index in [-0.39, 0.29) is 24.4 Å². The van der Waals surface area contributed by atoms with Crippen LogP contribution in [0.1, 0.15) is 48.1 Å². The van der Waals surface area contributed by atoms with Gasteiger partial charge in [-0.15, -0.1) is 0 Å². The molecule has 3 N–H and O–H groups in total. The van der Waals surface area contributed by atoms with E-state index in [9.17, 15) is 12.8 Å². The number of nitrogens with two attached hydrogens (primary N) is 1. The van der Waals surface area contributed by atoms with Crippen LogP contribution >= 0.6 is 11.6 Å². The molecule has 0 fully saturated rings. The monoisotopic (exact) mass is 640 g/mol. The van der Waals surface area contributed by atoms with Gasteiger partial charge in [-0.05, 0) is 53.8 Å². The number of nitrogens with one attached hydrogen (secondary N) is 1. The average molecular weight is 640 g/mol. The van der Waals surface area contributed by atoms with Crippen molar-refractivity contribution in [1.29, 1.82) is 0 Å². The summed E-state index contributed by atoms with van der Waals surface area (Å²) in [4.78, 5) is -1.75. The molecule has 0 aliphatic heterocycles. The van der Waals surface area contributed by atoms with E-state index in [1.165, 1.54) is 23.3 Å². The molecule has 0 bridgehead atoms. The minimum absolute atomic E-state index is 0. The van der Waals surface area contributed by atoms with Crippen LogP contribution in [-0.4, -0.2) is 8.42 Å². The van der Waals surface area contributed by atoms with Gasteiger partial charge in [0.1, 0.15) is 5.82 Å². The van der Waals surface area contributed by atoms with Gasteiger partial charge in [-0.25, -0.2) is 12.8 Å². The van der Waals surface area contributed by atoms with E-state index in [0.29, 0.717) is 17.0 Å². The molecule has 0 aromatic heterocycles. The fourth-order valence-corrected chi connectivity index (χ4v) is 5.50. The molecule has 0 saturated heterocycles. The smallest absolute Gasteiger partial charge is 0.242 e. The van der Waals surface area contributed by atoms with E-state index < -0.39 is 26.9 Å². The second kappa shape index (κ2) is 14.1. The largest absolute Gasteiger partial charge is 0.321 e. The minimum Gasteiger partial charge on any atom is -0.321 e. The van der Waals surface area contributed by atoms with Gasteiger partial charge in [0.2, 0.25) is 10.0 Å². The van der Waals surface area contributed by atoms with Gasteiger partial charge in [0, 0.05) is 19.5 Å². The Morgan fingerprint density at radius 1 is 0.789 bits per heavy atom. The molecular formula is C30H32ClFN2O2RuS. The third kappa shape index (κ3) is 8.29. The Labute approximate surface area is 243 Å². The molecule has 38 heavy (non-hydrogen) atoms. The second-order valence-electron chi connectivity index (χ2n) is 9.09. The van der Waals surface area contributed by atoms with E-state index in [0.717, 1.165) is 12.1 Å². The van der Waals surface area contributed by atoms with E-state index in [1.807, 2.05) is 6.07 Å². The van der Waals surface area contributed by atoms with Crippen molar-refractivity contribution in [2.75, 3.05) is 0 Å². The molecule has 4 rings (SSSR count). The third-order valence-corrected chi connectivity index (χ3v) is 8.08. The molecule has 0 heterocycles. The van der Waals surface area contributed by atoms with Crippen LogP contribution < -0.4 is 10.5 Å². The summed E-state index contributed by atoms with van der Waals surface area (Å²) in [5.41, 5.74) is 10.3. The number of halogens is 2. The van der Waals surface area contributed by atoms with Crippen molar-refractivity contribution in [2.45, 2.75) is 42.6 Å². The Hall–Kier alpha value is -2.41. The van der Waals surface area contributed by atoms with Crippen LogP contribution in [0.15, 0.2) is 114 Å². The standard InChI is InChI=1S/C20H18ClFN2O2S.C10H14.Ru/c21-20(16-9-5-2-6-10-16,19(23)15-7-3-1-4-8-15)24-27(25,26)18-13-11-17(22)12-14-18;1-8(2)10-6-4-9(3)5-7-10;/h1-14,19,24H,23H2;4-8H,1-3H3;/t19-,20-;;/m1../s1. The van der Waals surface area contributed by atoms with Gasteiger partial charge in [-0.3, -0.25) is 0 Å². The van der Waals surface area contributed by atoms with Gasteiger partial charge < -0.3 is 5.73 Å². The van der Waals surface area contributed by atoms with E-state index >= 15 is 0 Å². The van der Waals surface area contributed by atoms with Crippen molar-refractivity contribution in [2.24, 2.45) is 5.73 Å². The fraction of sp³-hybridized carbons (Fsp3) is 0.200. The number of sulfonamides is 1. The van der Waals surface area contributed by atoms with E-state index in [2.05, 4.69) is 49.8 Å². The summed E-state index contributed by atoms with van der Waals surface area (Å²) in [7, 11) is -4.06. The molecule has 0 amide bonds. The molecule has 4 aromatic carbocycles. The first-order chi connectivity index (χ1) is 17.5. The molecule has 4 nitrogen and oxygen atoms in total. The Morgan fingerprint density at radius 2 is 1.29 bits per heavy atom. The van der Waals surface area contributed by atoms with Crippen LogP contribution in [0.5, 0.6) is 0 Å². The number of hydrogen-bond donors (Lipinski definition) is 2. The molecule has 0 saturated carbocycles. The molecular weight excluding hydrogens is 608 g/mol. The number of rotatable bonds is 7. The molecule has 0 unspecified atom stereocenters. The van der Waals surface area contributed by atoms with Crippen LogP contribution in [0.25, 0.3) is 0 Å². The van der Waals surface area contributed by atoms with Gasteiger partial charge in [0.05, 0.1) is 10.9 Å². The molecule has 0 aliphatic rings. The normalized spacial score (nSPS) is 13.4. The van der Waals surface area contributed by atoms with Crippen molar-refractivity contribution in [3.05, 3.63) is 137 Å². The van der Waals surface area contributed by atoms with Crippen molar-refractivity contribution in [3.63, 3.8) is 0 Å². The predicted molar refractivity (Wildman–Crippen MR) is 149 cm³/mol. The van der Waals surface area contributed by atoms with Crippen molar-refractivity contribution in [3.8, 4) is 0 Å². The number of alkyl halides is 1. The minimum atomic E-state index is -4.06. The fourth-order valence-electron chi connectivity index (χ4n) is 3.69. The van der Waals surface area contributed by atoms with Gasteiger partial charge in [-0.2, -0.15) is 4.72 Å². The number of benzene rings is 4. The van der Waals surface area contributed by atoms with Gasteiger partial charge in [-0.1, -0.05) is 116 Å². The maximum atomic E-state index is 13.2. The average Bonchev–Trinajstić information content (AvgIpc) is 2.90. The predicted octanol–water partition coefficient (Wildman–Crippen LogP) is 7.01. The van der Waals surface area contributed by atoms with Crippen LogP contribution in [0.2, 0.25) is 0 Å². The van der Waals surface area contributed by atoms with Crippen LogP contribution in [0, 0.1) is 12.7 Å². The Kier molecular flexibility index (Phi) is 11.8. The first-order valence-electron chi connectivity index (χ1n) is 11.9. The first kappa shape index (κ1) is 31.8. The number of aryl methyl sites for hydroxylation is 1. The van der Waals surface area contributed by atoms with Crippen LogP contribution in [0.4, 0.5) is 4.39 Å². The maximum absolute atomic E-state index is 13.2. The molecule has 2 atom stereocenters. The van der Waals surface area contributed by atoms with Gasteiger partial charge in [0.25, 0.3) is 0 Å². The molecule has 8 heteroatoms. The zero-order valence-corrected chi connectivity index (χ0v) is 24.8. The summed E-state index contributed by atoms with van der Waals surface area (Å²) in [5.74, 6) is 0.121. The summed E-state index contributed by atoms with van der Waals surface area (Å²) in [6, 6.07) is 30.0. The molecule has 4 aromatic rings. The Balaban J connectivity index is 0.000000389. The van der Waals surface area contributed by atoms with Crippen molar-refractivity contribution >= 4 is 21.6 Å². The Bertz CT molecular complexity index is 1370. The first-order valence-corrected chi connectivity index (χ1v) is 13.8. The van der Waals surface area contributed by atoms with E-state index in [4.69, 9.17) is 17.3 Å². The van der Waals surface area contributed by atoms with Crippen LogP contribution in [0.3, 0.4) is 0 Å². The quantitative estimate of drug-likeness (QED) is 0.130. The van der Waals surface area contributed by atoms with Gasteiger partial charge in [0.15, 0.2) is 5.00 Å². The Morgan fingerprint density at radius 3 is 1.79 bits per heavy atom. The van der Waals surface area contributed by atoms with Crippen molar-refractivity contribution < 1.29 is 32.3 Å². The molecule has 0 radical (unpaired) electrons. The van der Waals surface area contributed by atoms with Crippen molar-refractivity contribution in [1.82, 2.24) is 4.72 Å². The molecule has 0 spiro atoms. The maximum Gasteiger partial charge on any atom is 0.242 e. The topological polar surface area (TPSA) is 72.2 Å². The summed E-state index contributed by atoms with van der Waals surface area (Å²) < 4.78 is 41.5. The van der Waals surface area contributed by atoms with Gasteiger partial charge >= 0.3 is 0 Å². The third-order valence-electron chi connectivity index (χ3n) is 5.93. The summed E-state index contributed by atoms with van der Waals surface area (Å²) in [6.45, 7) is 6.54. The molecule has 202 valence electrons. The summed E-state index contributed by atoms with van der Waals surface area (Å²) in [6.07, 6.45) is 0. The molecule has 0 aliphatic carbocycles. The summed E-state index contributed by atoms with van der Waals surface area (Å²) >= 11 is 6.83. The van der Waals surface area contributed by atoms with E-state index in [1.54, 1.807) is 54.6 Å². The number of hydrogen-bond acceptors (Lipinski definition) is 3. The second-order valence-corrected chi connectivity index (χ2v) is 11.4. The zero-order valence-electron chi connectivity index (χ0n) is 21.5. The SMILES string of the molecule is Cc1ccc(C(C)C)cc1.N[C@H](c1ccccc1)[C@](Cl)(NS(=O)(=O)c1ccc(F)cc1)c1ccccc1.[Ru]. The summed E-state index contributed by atoms with van der Waals surface area (Å²) in [5, 5.41) is 0. The van der Waals surface area contributed by atoms with Crippen LogP contribution in [-0.2, 0) is 34.5 Å². The zero-order chi connectivity index (χ0) is 27.1.